The third-order valence-corrected chi connectivity index (χ3v) is 3.84. The van der Waals surface area contributed by atoms with E-state index in [0.717, 1.165) is 18.5 Å². The van der Waals surface area contributed by atoms with Gasteiger partial charge in [0.2, 0.25) is 5.91 Å². The lowest BCUT2D eigenvalue weighted by Crippen LogP contribution is -2.28. The smallest absolute Gasteiger partial charge is 0.309 e. The van der Waals surface area contributed by atoms with Gasteiger partial charge >= 0.3 is 5.97 Å². The second-order valence-corrected chi connectivity index (χ2v) is 5.06. The van der Waals surface area contributed by atoms with Gasteiger partial charge in [-0.05, 0) is 12.8 Å². The third-order valence-electron chi connectivity index (χ3n) is 3.84. The molecule has 2 aliphatic rings. The Bertz CT molecular complexity index is 506. The van der Waals surface area contributed by atoms with Gasteiger partial charge in [-0.2, -0.15) is 0 Å². The molecule has 2 unspecified atom stereocenters. The number of aromatic nitrogens is 2. The van der Waals surface area contributed by atoms with Crippen molar-refractivity contribution in [1.82, 2.24) is 14.5 Å². The summed E-state index contributed by atoms with van der Waals surface area (Å²) in [4.78, 5) is 28.7. The summed E-state index contributed by atoms with van der Waals surface area (Å²) < 4.78 is 2.02. The second kappa shape index (κ2) is 3.83. The summed E-state index contributed by atoms with van der Waals surface area (Å²) >= 11 is 0. The number of amides is 1. The fourth-order valence-corrected chi connectivity index (χ4v) is 2.70. The van der Waals surface area contributed by atoms with Crippen molar-refractivity contribution in [2.75, 3.05) is 7.05 Å². The van der Waals surface area contributed by atoms with Gasteiger partial charge in [0.15, 0.2) is 0 Å². The molecule has 1 aliphatic heterocycles. The molecule has 6 nitrogen and oxygen atoms in total. The van der Waals surface area contributed by atoms with Crippen molar-refractivity contribution in [3.8, 4) is 0 Å². The zero-order chi connectivity index (χ0) is 12.9. The van der Waals surface area contributed by atoms with E-state index in [0.29, 0.717) is 6.04 Å². The molecular weight excluding hydrogens is 234 g/mol. The number of hydrogen-bond acceptors (Lipinski definition) is 3. The van der Waals surface area contributed by atoms with E-state index in [1.165, 1.54) is 4.90 Å². The highest BCUT2D eigenvalue weighted by atomic mass is 16.4. The molecule has 3 rings (SSSR count). The number of carboxylic acids is 1. The largest absolute Gasteiger partial charge is 0.481 e. The van der Waals surface area contributed by atoms with Gasteiger partial charge in [-0.25, -0.2) is 4.98 Å². The first-order valence-corrected chi connectivity index (χ1v) is 6.09. The van der Waals surface area contributed by atoms with Crippen LogP contribution in [0.15, 0.2) is 12.5 Å². The Morgan fingerprint density at radius 2 is 2.22 bits per heavy atom. The van der Waals surface area contributed by atoms with Gasteiger partial charge in [0.25, 0.3) is 0 Å². The van der Waals surface area contributed by atoms with Crippen molar-refractivity contribution in [3.63, 3.8) is 0 Å². The Balaban J connectivity index is 1.99. The minimum atomic E-state index is -0.916. The molecule has 18 heavy (non-hydrogen) atoms. The Kier molecular flexibility index (Phi) is 2.39. The van der Waals surface area contributed by atoms with Gasteiger partial charge in [0, 0.05) is 19.5 Å². The lowest BCUT2D eigenvalue weighted by atomic mass is 9.98. The predicted octanol–water partition coefficient (Wildman–Crippen LogP) is 0.822. The molecular formula is C12H15N3O3. The molecule has 1 aliphatic carbocycles. The zero-order valence-corrected chi connectivity index (χ0v) is 10.1. The highest BCUT2D eigenvalue weighted by Gasteiger charge is 2.45. The van der Waals surface area contributed by atoms with Gasteiger partial charge in [-0.3, -0.25) is 9.59 Å². The van der Waals surface area contributed by atoms with Crippen LogP contribution in [0.25, 0.3) is 0 Å². The molecule has 0 bridgehead atoms. The van der Waals surface area contributed by atoms with Crippen molar-refractivity contribution >= 4 is 11.9 Å². The number of aliphatic carboxylic acids is 1. The fourth-order valence-electron chi connectivity index (χ4n) is 2.70. The Morgan fingerprint density at radius 1 is 1.50 bits per heavy atom. The first-order chi connectivity index (χ1) is 8.59. The quantitative estimate of drug-likeness (QED) is 0.860. The molecule has 1 amide bonds. The monoisotopic (exact) mass is 249 g/mol. The van der Waals surface area contributed by atoms with E-state index in [4.69, 9.17) is 0 Å². The van der Waals surface area contributed by atoms with Crippen LogP contribution in [0.1, 0.15) is 37.0 Å². The van der Waals surface area contributed by atoms with E-state index in [2.05, 4.69) is 4.98 Å². The van der Waals surface area contributed by atoms with Crippen LogP contribution in [0.4, 0.5) is 0 Å². The van der Waals surface area contributed by atoms with Gasteiger partial charge in [0.1, 0.15) is 0 Å². The number of carbonyl (C=O) groups is 2. The van der Waals surface area contributed by atoms with E-state index in [9.17, 15) is 14.7 Å². The molecule has 1 saturated heterocycles. The Hall–Kier alpha value is -1.85. The molecule has 2 atom stereocenters. The normalized spacial score (nSPS) is 27.8. The Morgan fingerprint density at radius 3 is 2.83 bits per heavy atom. The van der Waals surface area contributed by atoms with Crippen LogP contribution < -0.4 is 0 Å². The topological polar surface area (TPSA) is 75.4 Å². The maximum atomic E-state index is 11.7. The summed E-state index contributed by atoms with van der Waals surface area (Å²) in [5.41, 5.74) is 0.846. The highest BCUT2D eigenvalue weighted by molar-refractivity contribution is 5.87. The van der Waals surface area contributed by atoms with Crippen molar-refractivity contribution < 1.29 is 14.7 Å². The van der Waals surface area contributed by atoms with E-state index in [1.54, 1.807) is 19.6 Å². The molecule has 6 heteroatoms. The number of hydrogen-bond donors (Lipinski definition) is 1. The van der Waals surface area contributed by atoms with Crippen LogP contribution in [0.2, 0.25) is 0 Å². The lowest BCUT2D eigenvalue weighted by Gasteiger charge is -2.24. The number of rotatable bonds is 3. The predicted molar refractivity (Wildman–Crippen MR) is 61.8 cm³/mol. The summed E-state index contributed by atoms with van der Waals surface area (Å²) in [7, 11) is 1.67. The molecule has 96 valence electrons. The van der Waals surface area contributed by atoms with Gasteiger partial charge in [0.05, 0.1) is 30.2 Å². The highest BCUT2D eigenvalue weighted by Crippen LogP contribution is 2.42. The zero-order valence-electron chi connectivity index (χ0n) is 10.1. The average molecular weight is 249 g/mol. The van der Waals surface area contributed by atoms with Crippen molar-refractivity contribution in [1.29, 1.82) is 0 Å². The SMILES string of the molecule is CN1C(=O)CC(C(=O)O)C1c1cncn1C1CC1. The first-order valence-electron chi connectivity index (χ1n) is 6.09. The molecule has 0 spiro atoms. The standard InChI is InChI=1S/C12H15N3O3/c1-14-10(16)4-8(12(17)18)11(14)9-5-13-6-15(9)7-2-3-7/h5-8,11H,2-4H2,1H3,(H,17,18). The molecule has 0 radical (unpaired) electrons. The molecule has 1 N–H and O–H groups in total. The summed E-state index contributed by atoms with van der Waals surface area (Å²) in [5, 5.41) is 9.25. The first kappa shape index (κ1) is 11.3. The third kappa shape index (κ3) is 1.60. The van der Waals surface area contributed by atoms with Crippen LogP contribution in [0, 0.1) is 5.92 Å². The minimum absolute atomic E-state index is 0.0757. The van der Waals surface area contributed by atoms with Gasteiger partial charge < -0.3 is 14.6 Å². The molecule has 1 saturated carbocycles. The summed E-state index contributed by atoms with van der Waals surface area (Å²) in [5.74, 6) is -1.70. The van der Waals surface area contributed by atoms with Crippen molar-refractivity contribution in [3.05, 3.63) is 18.2 Å². The average Bonchev–Trinajstić information content (AvgIpc) is 2.99. The second-order valence-electron chi connectivity index (χ2n) is 5.06. The van der Waals surface area contributed by atoms with Crippen LogP contribution in [-0.2, 0) is 9.59 Å². The minimum Gasteiger partial charge on any atom is -0.481 e. The molecule has 2 fully saturated rings. The van der Waals surface area contributed by atoms with Gasteiger partial charge in [-0.15, -0.1) is 0 Å². The van der Waals surface area contributed by atoms with E-state index >= 15 is 0 Å². The molecule has 0 aromatic carbocycles. The number of carboxylic acid groups (broad SMARTS) is 1. The number of carbonyl (C=O) groups excluding carboxylic acids is 1. The molecule has 1 aromatic rings. The van der Waals surface area contributed by atoms with E-state index in [-0.39, 0.29) is 12.3 Å². The maximum Gasteiger partial charge on any atom is 0.309 e. The summed E-state index contributed by atoms with van der Waals surface area (Å²) in [6.45, 7) is 0. The number of likely N-dealkylation sites (tertiary alicyclic amines) is 1. The number of nitrogens with zero attached hydrogens (tertiary/aromatic N) is 3. The lowest BCUT2D eigenvalue weighted by molar-refractivity contribution is -0.142. The summed E-state index contributed by atoms with van der Waals surface area (Å²) in [6, 6.07) is 0.0409. The van der Waals surface area contributed by atoms with Crippen LogP contribution in [0.3, 0.4) is 0 Å². The van der Waals surface area contributed by atoms with Gasteiger partial charge in [-0.1, -0.05) is 0 Å². The van der Waals surface area contributed by atoms with Crippen LogP contribution in [0.5, 0.6) is 0 Å². The van der Waals surface area contributed by atoms with E-state index in [1.807, 2.05) is 4.57 Å². The fraction of sp³-hybridized carbons (Fsp3) is 0.583. The van der Waals surface area contributed by atoms with Crippen molar-refractivity contribution in [2.24, 2.45) is 5.92 Å². The van der Waals surface area contributed by atoms with E-state index < -0.39 is 17.9 Å². The molecule has 1 aromatic heterocycles. The van der Waals surface area contributed by atoms with Crippen LogP contribution in [-0.4, -0.2) is 38.5 Å². The van der Waals surface area contributed by atoms with Crippen LogP contribution >= 0.6 is 0 Å². The Labute approximate surface area is 104 Å². The molecule has 2 heterocycles. The van der Waals surface area contributed by atoms with Crippen molar-refractivity contribution in [2.45, 2.75) is 31.3 Å². The number of imidazole rings is 1. The maximum absolute atomic E-state index is 11.7. The summed E-state index contributed by atoms with van der Waals surface area (Å²) in [6.07, 6.45) is 5.71.